The van der Waals surface area contributed by atoms with E-state index in [4.69, 9.17) is 28.4 Å². The SMILES string of the molecule is COCOCCCCC#CC#Cc1cc(C#CCCCCOCOC)cc(CCCCOCOC)c1. The summed E-state index contributed by atoms with van der Waals surface area (Å²) in [5.41, 5.74) is 3.17. The van der Waals surface area contributed by atoms with E-state index in [1.165, 1.54) is 5.56 Å². The second-order valence-electron chi connectivity index (χ2n) is 8.09. The van der Waals surface area contributed by atoms with Crippen LogP contribution < -0.4 is 0 Å². The Morgan fingerprint density at radius 1 is 0.556 bits per heavy atom. The van der Waals surface area contributed by atoms with Crippen LogP contribution >= 0.6 is 0 Å². The van der Waals surface area contributed by atoms with Gasteiger partial charge in [-0.25, -0.2) is 0 Å². The van der Waals surface area contributed by atoms with Crippen molar-refractivity contribution in [3.8, 4) is 35.5 Å². The lowest BCUT2D eigenvalue weighted by atomic mass is 10.0. The van der Waals surface area contributed by atoms with E-state index < -0.39 is 0 Å². The molecule has 0 saturated heterocycles. The van der Waals surface area contributed by atoms with Crippen molar-refractivity contribution < 1.29 is 28.4 Å². The number of hydrogen-bond acceptors (Lipinski definition) is 6. The van der Waals surface area contributed by atoms with E-state index in [9.17, 15) is 0 Å². The first-order chi connectivity index (χ1) is 17.8. The van der Waals surface area contributed by atoms with Gasteiger partial charge in [-0.1, -0.05) is 23.7 Å². The Morgan fingerprint density at radius 3 is 1.67 bits per heavy atom. The topological polar surface area (TPSA) is 55.4 Å². The highest BCUT2D eigenvalue weighted by Crippen LogP contribution is 2.12. The molecular weight excluding hydrogens is 456 g/mol. The quantitative estimate of drug-likeness (QED) is 0.153. The summed E-state index contributed by atoms with van der Waals surface area (Å²) in [4.78, 5) is 0. The molecule has 0 N–H and O–H groups in total. The summed E-state index contributed by atoms with van der Waals surface area (Å²) in [5.74, 6) is 18.9. The van der Waals surface area contributed by atoms with E-state index in [1.807, 2.05) is 6.07 Å². The van der Waals surface area contributed by atoms with Crippen LogP contribution in [0.3, 0.4) is 0 Å². The van der Waals surface area contributed by atoms with Gasteiger partial charge in [0.05, 0.1) is 0 Å². The van der Waals surface area contributed by atoms with Gasteiger partial charge < -0.3 is 28.4 Å². The van der Waals surface area contributed by atoms with E-state index in [0.717, 1.165) is 68.9 Å². The van der Waals surface area contributed by atoms with E-state index in [0.29, 0.717) is 40.2 Å². The van der Waals surface area contributed by atoms with Gasteiger partial charge in [0.1, 0.15) is 20.4 Å². The first kappa shape index (κ1) is 31.7. The second-order valence-corrected chi connectivity index (χ2v) is 8.09. The molecule has 0 saturated carbocycles. The molecule has 36 heavy (non-hydrogen) atoms. The van der Waals surface area contributed by atoms with Gasteiger partial charge in [-0.3, -0.25) is 0 Å². The molecule has 1 aromatic carbocycles. The predicted octanol–water partition coefficient (Wildman–Crippen LogP) is 4.92. The van der Waals surface area contributed by atoms with E-state index in [2.05, 4.69) is 47.7 Å². The second kappa shape index (κ2) is 24.4. The zero-order valence-corrected chi connectivity index (χ0v) is 22.3. The molecule has 6 nitrogen and oxygen atoms in total. The molecule has 6 heteroatoms. The molecule has 1 aromatic rings. The number of methoxy groups -OCH3 is 3. The monoisotopic (exact) mass is 498 g/mol. The summed E-state index contributed by atoms with van der Waals surface area (Å²) in [7, 11) is 4.88. The summed E-state index contributed by atoms with van der Waals surface area (Å²) in [6.45, 7) is 3.11. The first-order valence-electron chi connectivity index (χ1n) is 12.6. The van der Waals surface area contributed by atoms with E-state index in [1.54, 1.807) is 21.3 Å². The largest absolute Gasteiger partial charge is 0.359 e. The van der Waals surface area contributed by atoms with Gasteiger partial charge in [0.25, 0.3) is 0 Å². The van der Waals surface area contributed by atoms with Crippen LogP contribution in [0.4, 0.5) is 0 Å². The normalized spacial score (nSPS) is 10.1. The van der Waals surface area contributed by atoms with Crippen molar-refractivity contribution in [3.05, 3.63) is 34.9 Å². The van der Waals surface area contributed by atoms with Crippen molar-refractivity contribution >= 4 is 0 Å². The Balaban J connectivity index is 2.64. The van der Waals surface area contributed by atoms with Crippen LogP contribution in [0.2, 0.25) is 0 Å². The zero-order chi connectivity index (χ0) is 25.9. The minimum absolute atomic E-state index is 0.339. The fraction of sp³-hybridized carbons (Fsp3) is 0.600. The summed E-state index contributed by atoms with van der Waals surface area (Å²) in [5, 5.41) is 0. The van der Waals surface area contributed by atoms with Crippen LogP contribution in [-0.4, -0.2) is 61.5 Å². The van der Waals surface area contributed by atoms with Crippen LogP contribution in [-0.2, 0) is 34.8 Å². The summed E-state index contributed by atoms with van der Waals surface area (Å²) in [6, 6.07) is 6.34. The number of ether oxygens (including phenoxy) is 6. The van der Waals surface area contributed by atoms with Gasteiger partial charge >= 0.3 is 0 Å². The molecule has 0 fully saturated rings. The van der Waals surface area contributed by atoms with Crippen molar-refractivity contribution in [2.75, 3.05) is 61.5 Å². The zero-order valence-electron chi connectivity index (χ0n) is 22.3. The van der Waals surface area contributed by atoms with Gasteiger partial charge in [-0.15, -0.1) is 0 Å². The van der Waals surface area contributed by atoms with Crippen LogP contribution in [0.25, 0.3) is 0 Å². The van der Waals surface area contributed by atoms with Gasteiger partial charge in [-0.2, -0.15) is 0 Å². The molecule has 0 aliphatic heterocycles. The number of benzene rings is 1. The Morgan fingerprint density at radius 2 is 1.08 bits per heavy atom. The third-order valence-electron chi connectivity index (χ3n) is 4.87. The average molecular weight is 499 g/mol. The first-order valence-corrected chi connectivity index (χ1v) is 12.6. The average Bonchev–Trinajstić information content (AvgIpc) is 2.89. The molecule has 0 radical (unpaired) electrons. The molecule has 0 bridgehead atoms. The minimum atomic E-state index is 0.339. The third-order valence-corrected chi connectivity index (χ3v) is 4.87. The standard InChI is InChI=1S/C30H42O6/c1-31-25-34-19-13-8-5-4-6-10-16-28-22-29(17-11-7-9-14-20-35-26-32-2)24-30(23-28)18-12-15-21-36-27-33-3/h22-24H,5,7-9,12-15,18-21,25-27H2,1-3H3. The molecular formula is C30H42O6. The lowest BCUT2D eigenvalue weighted by Gasteiger charge is -2.05. The Bertz CT molecular complexity index is 863. The summed E-state index contributed by atoms with van der Waals surface area (Å²) in [6.07, 6.45) is 8.53. The van der Waals surface area contributed by atoms with Crippen molar-refractivity contribution in [2.24, 2.45) is 0 Å². The highest BCUT2D eigenvalue weighted by atomic mass is 16.7. The lowest BCUT2D eigenvalue weighted by molar-refractivity contribution is -0.0315. The minimum Gasteiger partial charge on any atom is -0.359 e. The highest BCUT2D eigenvalue weighted by Gasteiger charge is 2.00. The third kappa shape index (κ3) is 18.9. The van der Waals surface area contributed by atoms with Gasteiger partial charge in [0.2, 0.25) is 0 Å². The summed E-state index contributed by atoms with van der Waals surface area (Å²) >= 11 is 0. The van der Waals surface area contributed by atoms with Crippen molar-refractivity contribution in [3.63, 3.8) is 0 Å². The smallest absolute Gasteiger partial charge is 0.146 e. The van der Waals surface area contributed by atoms with Gasteiger partial charge in [0, 0.05) is 65.1 Å². The fourth-order valence-corrected chi connectivity index (χ4v) is 3.15. The maximum atomic E-state index is 5.38. The predicted molar refractivity (Wildman–Crippen MR) is 142 cm³/mol. The lowest BCUT2D eigenvalue weighted by Crippen LogP contribution is -1.99. The molecule has 1 rings (SSSR count). The van der Waals surface area contributed by atoms with Crippen LogP contribution in [0, 0.1) is 35.5 Å². The molecule has 0 spiro atoms. The Labute approximate surface area is 218 Å². The maximum Gasteiger partial charge on any atom is 0.146 e. The van der Waals surface area contributed by atoms with E-state index in [-0.39, 0.29) is 0 Å². The molecule has 0 aliphatic rings. The maximum absolute atomic E-state index is 5.38. The number of aryl methyl sites for hydroxylation is 1. The van der Waals surface area contributed by atoms with Crippen molar-refractivity contribution in [1.82, 2.24) is 0 Å². The molecule has 0 aliphatic carbocycles. The van der Waals surface area contributed by atoms with Crippen LogP contribution in [0.15, 0.2) is 18.2 Å². The Kier molecular flexibility index (Phi) is 21.4. The van der Waals surface area contributed by atoms with Crippen LogP contribution in [0.1, 0.15) is 68.1 Å². The molecule has 0 unspecified atom stereocenters. The summed E-state index contributed by atoms with van der Waals surface area (Å²) < 4.78 is 30.6. The molecule has 0 heterocycles. The fourth-order valence-electron chi connectivity index (χ4n) is 3.15. The van der Waals surface area contributed by atoms with Crippen molar-refractivity contribution in [1.29, 1.82) is 0 Å². The Hall–Kier alpha value is -2.34. The number of rotatable bonds is 19. The van der Waals surface area contributed by atoms with Gasteiger partial charge in [0.15, 0.2) is 0 Å². The molecule has 0 amide bonds. The highest BCUT2D eigenvalue weighted by molar-refractivity contribution is 5.48. The van der Waals surface area contributed by atoms with Crippen LogP contribution in [0.5, 0.6) is 0 Å². The molecule has 0 aromatic heterocycles. The van der Waals surface area contributed by atoms with Crippen molar-refractivity contribution in [2.45, 2.75) is 57.8 Å². The van der Waals surface area contributed by atoms with Gasteiger partial charge in [-0.05, 0) is 80.5 Å². The number of hydrogen-bond donors (Lipinski definition) is 0. The molecule has 198 valence electrons. The van der Waals surface area contributed by atoms with E-state index >= 15 is 0 Å². The number of unbranched alkanes of at least 4 members (excludes halogenated alkanes) is 5. The molecule has 0 atom stereocenters.